The Labute approximate surface area is 229 Å². The molecule has 3 atom stereocenters. The number of methoxy groups -OCH3 is 1. The van der Waals surface area contributed by atoms with Gasteiger partial charge in [-0.25, -0.2) is 13.3 Å². The second-order valence-electron chi connectivity index (χ2n) is 9.63. The second-order valence-corrected chi connectivity index (χ2v) is 10.0. The summed E-state index contributed by atoms with van der Waals surface area (Å²) in [6.07, 6.45) is 3.20. The zero-order chi connectivity index (χ0) is 27.5. The molecule has 1 unspecified atom stereocenters. The molecule has 13 heteroatoms. The van der Waals surface area contributed by atoms with E-state index in [-0.39, 0.29) is 18.4 Å². The van der Waals surface area contributed by atoms with Crippen LogP contribution in [0.3, 0.4) is 0 Å². The molecule has 2 saturated heterocycles. The smallest absolute Gasteiger partial charge is 0.147 e. The molecule has 0 amide bonds. The Balaban J connectivity index is 1.36. The molecule has 2 aliphatic heterocycles. The summed E-state index contributed by atoms with van der Waals surface area (Å²) in [7, 11) is 1.51. The summed E-state index contributed by atoms with van der Waals surface area (Å²) in [5.41, 5.74) is 5.02. The summed E-state index contributed by atoms with van der Waals surface area (Å²) in [5.74, 6) is -0.0671. The van der Waals surface area contributed by atoms with Crippen molar-refractivity contribution in [1.82, 2.24) is 24.9 Å². The Hall–Kier alpha value is -3.19. The number of pyridine rings is 2. The molecule has 0 aliphatic carbocycles. The lowest BCUT2D eigenvalue weighted by molar-refractivity contribution is -0.0818. The number of halogens is 3. The molecule has 5 heterocycles. The molecule has 10 nitrogen and oxygen atoms in total. The molecule has 0 spiro atoms. The van der Waals surface area contributed by atoms with Crippen molar-refractivity contribution in [3.8, 4) is 5.75 Å². The Bertz CT molecular complexity index is 1350. The van der Waals surface area contributed by atoms with Crippen LogP contribution in [-0.2, 0) is 9.47 Å². The monoisotopic (exact) mass is 561 g/mol. The van der Waals surface area contributed by atoms with Gasteiger partial charge >= 0.3 is 0 Å². The Morgan fingerprint density at radius 1 is 1.36 bits per heavy atom. The number of nitrogens with zero attached hydrogens (tertiary/aromatic N) is 5. The molecule has 3 aromatic rings. The summed E-state index contributed by atoms with van der Waals surface area (Å²) in [5, 5.41) is 17.5. The number of rotatable bonds is 10. The van der Waals surface area contributed by atoms with Gasteiger partial charge in [-0.1, -0.05) is 11.6 Å². The van der Waals surface area contributed by atoms with E-state index >= 15 is 0 Å². The van der Waals surface area contributed by atoms with Gasteiger partial charge in [-0.2, -0.15) is 10.2 Å². The van der Waals surface area contributed by atoms with Gasteiger partial charge in [-0.05, 0) is 31.5 Å². The van der Waals surface area contributed by atoms with Crippen molar-refractivity contribution < 1.29 is 23.0 Å². The molecule has 2 fully saturated rings. The summed E-state index contributed by atoms with van der Waals surface area (Å²) < 4.78 is 46.7. The number of aromatic nitrogens is 3. The first kappa shape index (κ1) is 27.4. The number of alkyl halides is 1. The average molecular weight is 562 g/mol. The van der Waals surface area contributed by atoms with Crippen LogP contribution in [-0.4, -0.2) is 89.2 Å². The van der Waals surface area contributed by atoms with E-state index in [9.17, 15) is 8.78 Å². The summed E-state index contributed by atoms with van der Waals surface area (Å²) >= 11 is 6.40. The Kier molecular flexibility index (Phi) is 8.36. The van der Waals surface area contributed by atoms with Crippen LogP contribution in [0.1, 0.15) is 30.7 Å². The fourth-order valence-corrected chi connectivity index (χ4v) is 4.88. The number of likely N-dealkylation sites (tertiary alicyclic amines) is 1. The molecule has 0 radical (unpaired) electrons. The lowest BCUT2D eigenvalue weighted by atomic mass is 10.0. The van der Waals surface area contributed by atoms with Gasteiger partial charge in [0.15, 0.2) is 0 Å². The molecule has 0 bridgehead atoms. The number of nitrogens with one attached hydrogen (secondary N) is 2. The van der Waals surface area contributed by atoms with E-state index in [2.05, 4.69) is 25.5 Å². The predicted octanol–water partition coefficient (Wildman–Crippen LogP) is 3.43. The van der Waals surface area contributed by atoms with Crippen molar-refractivity contribution >= 4 is 28.5 Å². The van der Waals surface area contributed by atoms with Gasteiger partial charge in [0.1, 0.15) is 41.7 Å². The molecule has 2 aliphatic rings. The SMILES string of the molecule is COC(COc1cc(/C(=N/N[C@@H]2CCN(C3COC3)C[C@@H]2F)C(C)=N)cn2ncc(Cl)c12)c1ccc(F)cn1. The highest BCUT2D eigenvalue weighted by atomic mass is 35.5. The molecule has 5 rings (SSSR count). The van der Waals surface area contributed by atoms with E-state index < -0.39 is 24.1 Å². The number of ether oxygens (including phenoxy) is 3. The first-order valence-electron chi connectivity index (χ1n) is 12.6. The van der Waals surface area contributed by atoms with Crippen LogP contribution in [0.15, 0.2) is 41.9 Å². The average Bonchev–Trinajstić information content (AvgIpc) is 3.26. The first-order valence-corrected chi connectivity index (χ1v) is 13.0. The van der Waals surface area contributed by atoms with Crippen LogP contribution in [0.2, 0.25) is 5.02 Å². The highest BCUT2D eigenvalue weighted by Crippen LogP contribution is 2.30. The molecule has 3 aromatic heterocycles. The molecule has 0 saturated carbocycles. The van der Waals surface area contributed by atoms with E-state index in [4.69, 9.17) is 31.2 Å². The maximum Gasteiger partial charge on any atom is 0.147 e. The van der Waals surface area contributed by atoms with E-state index in [1.807, 2.05) is 0 Å². The van der Waals surface area contributed by atoms with Crippen LogP contribution in [0.25, 0.3) is 5.52 Å². The highest BCUT2D eigenvalue weighted by Gasteiger charge is 2.35. The number of hydrogen-bond acceptors (Lipinski definition) is 9. The Morgan fingerprint density at radius 3 is 2.82 bits per heavy atom. The third-order valence-electron chi connectivity index (χ3n) is 6.97. The maximum absolute atomic E-state index is 15.0. The lowest BCUT2D eigenvalue weighted by Gasteiger charge is -2.42. The number of hydrogen-bond donors (Lipinski definition) is 2. The van der Waals surface area contributed by atoms with Gasteiger partial charge in [0.05, 0.1) is 54.1 Å². The van der Waals surface area contributed by atoms with E-state index in [0.29, 0.717) is 59.4 Å². The van der Waals surface area contributed by atoms with Crippen LogP contribution in [0.4, 0.5) is 8.78 Å². The van der Waals surface area contributed by atoms with Gasteiger partial charge in [0, 0.05) is 32.0 Å². The number of hydrazone groups is 1. The molecule has 39 heavy (non-hydrogen) atoms. The molecular weight excluding hydrogens is 532 g/mol. The van der Waals surface area contributed by atoms with Crippen molar-refractivity contribution in [2.24, 2.45) is 5.10 Å². The third kappa shape index (κ3) is 6.03. The van der Waals surface area contributed by atoms with Crippen molar-refractivity contribution in [2.45, 2.75) is 37.7 Å². The van der Waals surface area contributed by atoms with Gasteiger partial charge in [0.25, 0.3) is 0 Å². The summed E-state index contributed by atoms with van der Waals surface area (Å²) in [4.78, 5) is 6.20. The predicted molar refractivity (Wildman–Crippen MR) is 142 cm³/mol. The zero-order valence-corrected chi connectivity index (χ0v) is 22.4. The second kappa shape index (κ2) is 11.9. The van der Waals surface area contributed by atoms with E-state index in [0.717, 1.165) is 12.7 Å². The molecule has 208 valence electrons. The third-order valence-corrected chi connectivity index (χ3v) is 7.24. The van der Waals surface area contributed by atoms with E-state index in [1.165, 1.54) is 25.4 Å². The van der Waals surface area contributed by atoms with Gasteiger partial charge in [-0.3, -0.25) is 9.88 Å². The Morgan fingerprint density at radius 2 is 2.18 bits per heavy atom. The zero-order valence-electron chi connectivity index (χ0n) is 21.6. The minimum absolute atomic E-state index is 0.0538. The van der Waals surface area contributed by atoms with Crippen LogP contribution in [0.5, 0.6) is 5.75 Å². The number of piperidine rings is 1. The molecular formula is C26H30ClF2N7O3. The maximum atomic E-state index is 15.0. The van der Waals surface area contributed by atoms with Crippen LogP contribution < -0.4 is 10.2 Å². The summed E-state index contributed by atoms with van der Waals surface area (Å²) in [6.45, 7) is 4.03. The van der Waals surface area contributed by atoms with Crippen molar-refractivity contribution in [2.75, 3.05) is 40.0 Å². The first-order chi connectivity index (χ1) is 18.8. The standard InChI is InChI=1S/C26H30ClF2N7O3/c1-15(30)25(34-33-21-5-6-35(11-20(21)29)18-12-38-13-18)16-7-23(26-19(27)9-32-36(26)10-16)39-14-24(37-2)22-4-3-17(28)8-31-22/h3-4,7-10,18,20-21,24,30,33H,5-6,11-14H2,1-2H3/b30-15?,34-25+/t20-,21+,24?/m0/s1. The van der Waals surface area contributed by atoms with E-state index in [1.54, 1.807) is 23.7 Å². The van der Waals surface area contributed by atoms with Gasteiger partial charge in [0.2, 0.25) is 0 Å². The fourth-order valence-electron chi connectivity index (χ4n) is 4.66. The van der Waals surface area contributed by atoms with Gasteiger partial charge in [-0.15, -0.1) is 0 Å². The topological polar surface area (TPSA) is 109 Å². The minimum atomic E-state index is -1.10. The highest BCUT2D eigenvalue weighted by molar-refractivity contribution is 6.46. The van der Waals surface area contributed by atoms with Crippen molar-refractivity contribution in [1.29, 1.82) is 5.41 Å². The lowest BCUT2D eigenvalue weighted by Crippen LogP contribution is -2.57. The normalized spacial score (nSPS) is 21.5. The van der Waals surface area contributed by atoms with Crippen molar-refractivity contribution in [3.05, 3.63) is 58.9 Å². The fraction of sp³-hybridized carbons (Fsp3) is 0.462. The molecule has 0 aromatic carbocycles. The quantitative estimate of drug-likeness (QED) is 0.288. The molecule has 2 N–H and O–H groups in total. The van der Waals surface area contributed by atoms with Crippen LogP contribution in [0, 0.1) is 11.2 Å². The minimum Gasteiger partial charge on any atom is -0.488 e. The largest absolute Gasteiger partial charge is 0.488 e. The summed E-state index contributed by atoms with van der Waals surface area (Å²) in [6, 6.07) is 4.35. The van der Waals surface area contributed by atoms with Crippen LogP contribution >= 0.6 is 11.6 Å². The van der Waals surface area contributed by atoms with Crippen molar-refractivity contribution in [3.63, 3.8) is 0 Å². The number of fused-ring (bicyclic) bond motifs is 1. The van der Waals surface area contributed by atoms with Gasteiger partial charge < -0.3 is 25.0 Å².